The van der Waals surface area contributed by atoms with Crippen LogP contribution in [0.2, 0.25) is 5.02 Å². The molecule has 0 aliphatic carbocycles. The van der Waals surface area contributed by atoms with Gasteiger partial charge in [0, 0.05) is 16.1 Å². The van der Waals surface area contributed by atoms with Crippen LogP contribution in [-0.2, 0) is 0 Å². The number of benzene rings is 3. The van der Waals surface area contributed by atoms with Crippen LogP contribution >= 0.6 is 11.6 Å². The summed E-state index contributed by atoms with van der Waals surface area (Å²) in [5.74, 6) is -2.70. The standard InChI is InChI=1S/C22H14ClF2N3O2/c23-15-10-5-4-9-14(15)19(26-20(29)18-16(24)11-6-12-17(18)25)22-28-27-21(30-22)13-7-2-1-3-8-13/h1-12,19H,(H,26,29). The summed E-state index contributed by atoms with van der Waals surface area (Å²) in [5.41, 5.74) is 0.408. The number of rotatable bonds is 5. The van der Waals surface area contributed by atoms with Gasteiger partial charge in [0.2, 0.25) is 11.8 Å². The maximum atomic E-state index is 14.1. The molecule has 0 spiro atoms. The van der Waals surface area contributed by atoms with Gasteiger partial charge in [-0.05, 0) is 30.3 Å². The van der Waals surface area contributed by atoms with E-state index < -0.39 is 29.1 Å². The quantitative estimate of drug-likeness (QED) is 0.478. The number of amides is 1. The zero-order valence-corrected chi connectivity index (χ0v) is 16.1. The van der Waals surface area contributed by atoms with E-state index in [1.54, 1.807) is 36.4 Å². The maximum absolute atomic E-state index is 14.1. The minimum absolute atomic E-state index is 0.0204. The number of carbonyl (C=O) groups excluding carboxylic acids is 1. The molecule has 0 fully saturated rings. The first kappa shape index (κ1) is 19.7. The van der Waals surface area contributed by atoms with Crippen molar-refractivity contribution in [2.45, 2.75) is 6.04 Å². The SMILES string of the molecule is O=C(NC(c1nnc(-c2ccccc2)o1)c1ccccc1Cl)c1c(F)cccc1F. The lowest BCUT2D eigenvalue weighted by Gasteiger charge is -2.17. The van der Waals surface area contributed by atoms with Gasteiger partial charge >= 0.3 is 0 Å². The van der Waals surface area contributed by atoms with Gasteiger partial charge in [0.15, 0.2) is 0 Å². The van der Waals surface area contributed by atoms with Crippen LogP contribution in [-0.4, -0.2) is 16.1 Å². The average molecular weight is 426 g/mol. The fourth-order valence-electron chi connectivity index (χ4n) is 2.95. The van der Waals surface area contributed by atoms with Gasteiger partial charge in [0.1, 0.15) is 23.2 Å². The second-order valence-electron chi connectivity index (χ2n) is 6.34. The Labute approximate surface area is 175 Å². The second kappa shape index (κ2) is 8.42. The molecule has 0 saturated heterocycles. The summed E-state index contributed by atoms with van der Waals surface area (Å²) in [6.45, 7) is 0. The molecule has 0 bridgehead atoms. The number of hydrogen-bond donors (Lipinski definition) is 1. The van der Waals surface area contributed by atoms with Crippen LogP contribution in [0.1, 0.15) is 27.9 Å². The fourth-order valence-corrected chi connectivity index (χ4v) is 3.19. The van der Waals surface area contributed by atoms with E-state index in [2.05, 4.69) is 15.5 Å². The first-order valence-corrected chi connectivity index (χ1v) is 9.30. The normalized spacial score (nSPS) is 11.8. The third-order valence-corrected chi connectivity index (χ3v) is 4.73. The molecule has 8 heteroatoms. The smallest absolute Gasteiger partial charge is 0.258 e. The molecule has 0 radical (unpaired) electrons. The molecule has 1 N–H and O–H groups in total. The summed E-state index contributed by atoms with van der Waals surface area (Å²) in [5, 5.41) is 10.9. The van der Waals surface area contributed by atoms with E-state index in [0.717, 1.165) is 12.1 Å². The predicted molar refractivity (Wildman–Crippen MR) is 107 cm³/mol. The van der Waals surface area contributed by atoms with Gasteiger partial charge in [-0.2, -0.15) is 0 Å². The molecule has 30 heavy (non-hydrogen) atoms. The van der Waals surface area contributed by atoms with Crippen LogP contribution in [0.4, 0.5) is 8.78 Å². The van der Waals surface area contributed by atoms with Crippen LogP contribution in [0.15, 0.2) is 77.2 Å². The van der Waals surface area contributed by atoms with E-state index in [1.165, 1.54) is 6.07 Å². The van der Waals surface area contributed by atoms with E-state index in [-0.39, 0.29) is 11.8 Å². The number of halogens is 3. The zero-order valence-electron chi connectivity index (χ0n) is 15.4. The van der Waals surface area contributed by atoms with Gasteiger partial charge in [0.25, 0.3) is 5.91 Å². The summed E-state index contributed by atoms with van der Waals surface area (Å²) in [4.78, 5) is 12.7. The second-order valence-corrected chi connectivity index (χ2v) is 6.74. The fraction of sp³-hybridized carbons (Fsp3) is 0.0455. The molecule has 0 aliphatic heterocycles. The number of nitrogens with one attached hydrogen (secondary N) is 1. The first-order valence-electron chi connectivity index (χ1n) is 8.92. The molecule has 150 valence electrons. The topological polar surface area (TPSA) is 68.0 Å². The first-order chi connectivity index (χ1) is 14.5. The van der Waals surface area contributed by atoms with Crippen LogP contribution < -0.4 is 5.32 Å². The van der Waals surface area contributed by atoms with E-state index in [9.17, 15) is 13.6 Å². The Bertz CT molecular complexity index is 1180. The van der Waals surface area contributed by atoms with E-state index in [4.69, 9.17) is 16.0 Å². The van der Waals surface area contributed by atoms with Crippen LogP contribution in [0.25, 0.3) is 11.5 Å². The lowest BCUT2D eigenvalue weighted by molar-refractivity contribution is 0.0929. The molecule has 0 saturated carbocycles. The molecule has 5 nitrogen and oxygen atoms in total. The molecule has 1 amide bonds. The summed E-state index contributed by atoms with van der Waals surface area (Å²) < 4.78 is 33.9. The Morgan fingerprint density at radius 3 is 2.27 bits per heavy atom. The van der Waals surface area contributed by atoms with Gasteiger partial charge < -0.3 is 9.73 Å². The van der Waals surface area contributed by atoms with Gasteiger partial charge in [-0.15, -0.1) is 10.2 Å². The van der Waals surface area contributed by atoms with E-state index in [0.29, 0.717) is 16.1 Å². The third-order valence-electron chi connectivity index (χ3n) is 4.39. The number of carbonyl (C=O) groups is 1. The Morgan fingerprint density at radius 2 is 1.57 bits per heavy atom. The maximum Gasteiger partial charge on any atom is 0.258 e. The van der Waals surface area contributed by atoms with Gasteiger partial charge in [-0.1, -0.05) is 54.1 Å². The summed E-state index contributed by atoms with van der Waals surface area (Å²) in [7, 11) is 0. The molecule has 4 aromatic rings. The predicted octanol–water partition coefficient (Wildman–Crippen LogP) is 5.19. The van der Waals surface area contributed by atoms with Crippen LogP contribution in [0.3, 0.4) is 0 Å². The number of aromatic nitrogens is 2. The van der Waals surface area contributed by atoms with Crippen molar-refractivity contribution in [3.8, 4) is 11.5 Å². The van der Waals surface area contributed by atoms with Crippen molar-refractivity contribution >= 4 is 17.5 Å². The molecule has 1 aromatic heterocycles. The van der Waals surface area contributed by atoms with Crippen molar-refractivity contribution in [1.29, 1.82) is 0 Å². The van der Waals surface area contributed by atoms with Crippen molar-refractivity contribution in [3.63, 3.8) is 0 Å². The Kier molecular flexibility index (Phi) is 5.54. The van der Waals surface area contributed by atoms with Crippen LogP contribution in [0, 0.1) is 11.6 Å². The highest BCUT2D eigenvalue weighted by molar-refractivity contribution is 6.31. The lowest BCUT2D eigenvalue weighted by Crippen LogP contribution is -2.31. The molecule has 1 atom stereocenters. The average Bonchev–Trinajstić information content (AvgIpc) is 3.23. The number of nitrogens with zero attached hydrogens (tertiary/aromatic N) is 2. The Morgan fingerprint density at radius 1 is 0.900 bits per heavy atom. The van der Waals surface area contributed by atoms with Gasteiger partial charge in [0.05, 0.1) is 0 Å². The third kappa shape index (κ3) is 3.92. The minimum atomic E-state index is -1.02. The lowest BCUT2D eigenvalue weighted by atomic mass is 10.1. The molecule has 1 heterocycles. The summed E-state index contributed by atoms with van der Waals surface area (Å²) >= 11 is 6.30. The largest absolute Gasteiger partial charge is 0.418 e. The zero-order chi connectivity index (χ0) is 21.1. The van der Waals surface area contributed by atoms with Gasteiger partial charge in [-0.3, -0.25) is 4.79 Å². The van der Waals surface area contributed by atoms with Crippen LogP contribution in [0.5, 0.6) is 0 Å². The monoisotopic (exact) mass is 425 g/mol. The molecular formula is C22H14ClF2N3O2. The van der Waals surface area contributed by atoms with E-state index in [1.807, 2.05) is 18.2 Å². The molecule has 4 rings (SSSR count). The molecule has 3 aromatic carbocycles. The Hall–Kier alpha value is -3.58. The van der Waals surface area contributed by atoms with Gasteiger partial charge in [-0.25, -0.2) is 8.78 Å². The highest BCUT2D eigenvalue weighted by atomic mass is 35.5. The van der Waals surface area contributed by atoms with Crippen molar-refractivity contribution in [2.24, 2.45) is 0 Å². The van der Waals surface area contributed by atoms with Crippen molar-refractivity contribution in [3.05, 3.63) is 106 Å². The number of hydrogen-bond acceptors (Lipinski definition) is 4. The molecule has 0 aliphatic rings. The molecular weight excluding hydrogens is 412 g/mol. The highest BCUT2D eigenvalue weighted by Gasteiger charge is 2.28. The van der Waals surface area contributed by atoms with Crippen molar-refractivity contribution in [2.75, 3.05) is 0 Å². The molecule has 1 unspecified atom stereocenters. The van der Waals surface area contributed by atoms with E-state index >= 15 is 0 Å². The summed E-state index contributed by atoms with van der Waals surface area (Å²) in [6.07, 6.45) is 0. The van der Waals surface area contributed by atoms with Crippen molar-refractivity contribution < 1.29 is 18.0 Å². The summed E-state index contributed by atoms with van der Waals surface area (Å²) in [6, 6.07) is 17.9. The Balaban J connectivity index is 1.74. The highest BCUT2D eigenvalue weighted by Crippen LogP contribution is 2.30. The van der Waals surface area contributed by atoms with Crippen molar-refractivity contribution in [1.82, 2.24) is 15.5 Å². The minimum Gasteiger partial charge on any atom is -0.418 e.